The predicted octanol–water partition coefficient (Wildman–Crippen LogP) is 5.30. The smallest absolute Gasteiger partial charge is 0.235 e. The van der Waals surface area contributed by atoms with Gasteiger partial charge in [-0.05, 0) is 55.5 Å². The van der Waals surface area contributed by atoms with Crippen LogP contribution in [-0.2, 0) is 0 Å². The Bertz CT molecular complexity index is 1340. The van der Waals surface area contributed by atoms with Crippen molar-refractivity contribution in [3.63, 3.8) is 0 Å². The molecule has 7 heteroatoms. The number of carbonyl (C=O) groups is 1. The highest BCUT2D eigenvalue weighted by atomic mass is 19.1. The maximum Gasteiger partial charge on any atom is 0.235 e. The average molecular weight is 434 g/mol. The average Bonchev–Trinajstić information content (AvgIpc) is 2.81. The summed E-state index contributed by atoms with van der Waals surface area (Å²) < 4.78 is 35.2. The van der Waals surface area contributed by atoms with Crippen LogP contribution >= 0.6 is 0 Å². The maximum atomic E-state index is 13.1. The molecule has 0 unspecified atom stereocenters. The quantitative estimate of drug-likeness (QED) is 0.367. The van der Waals surface area contributed by atoms with Gasteiger partial charge in [0.05, 0.1) is 12.5 Å². The zero-order valence-corrected chi connectivity index (χ0v) is 17.4. The Labute approximate surface area is 182 Å². The number of fused-ring (bicyclic) bond motifs is 1. The third-order valence-electron chi connectivity index (χ3n) is 4.78. The Hall–Kier alpha value is -4.13. The van der Waals surface area contributed by atoms with E-state index in [9.17, 15) is 14.0 Å². The molecule has 3 aromatic carbocycles. The van der Waals surface area contributed by atoms with Crippen molar-refractivity contribution in [1.29, 1.82) is 0 Å². The Balaban J connectivity index is 1.54. The van der Waals surface area contributed by atoms with Crippen molar-refractivity contribution in [1.82, 2.24) is 0 Å². The van der Waals surface area contributed by atoms with Crippen molar-refractivity contribution in [2.24, 2.45) is 0 Å². The van der Waals surface area contributed by atoms with Crippen LogP contribution < -0.4 is 19.6 Å². The van der Waals surface area contributed by atoms with Gasteiger partial charge in [-0.2, -0.15) is 0 Å². The molecule has 0 saturated carbocycles. The fourth-order valence-corrected chi connectivity index (χ4v) is 3.13. The lowest BCUT2D eigenvalue weighted by molar-refractivity contribution is 0.0921. The Morgan fingerprint density at radius 1 is 0.969 bits per heavy atom. The number of aryl methyl sites for hydroxylation is 1. The zero-order valence-electron chi connectivity index (χ0n) is 17.4. The maximum absolute atomic E-state index is 13.1. The van der Waals surface area contributed by atoms with E-state index in [1.807, 2.05) is 0 Å². The number of carbonyl (C=O) groups excluding carboxylic acids is 1. The van der Waals surface area contributed by atoms with E-state index >= 15 is 0 Å². The Kier molecular flexibility index (Phi) is 5.89. The van der Waals surface area contributed by atoms with Gasteiger partial charge in [0.15, 0.2) is 12.4 Å². The van der Waals surface area contributed by atoms with Crippen LogP contribution in [0.1, 0.15) is 16.1 Å². The number of benzene rings is 3. The van der Waals surface area contributed by atoms with Gasteiger partial charge in [-0.25, -0.2) is 4.39 Å². The second-order valence-corrected chi connectivity index (χ2v) is 6.97. The molecule has 0 bridgehead atoms. The normalized spacial score (nSPS) is 10.7. The molecule has 162 valence electrons. The molecule has 6 nitrogen and oxygen atoms in total. The molecule has 0 aliphatic carbocycles. The molecule has 0 radical (unpaired) electrons. The molecule has 1 heterocycles. The number of halogens is 1. The van der Waals surface area contributed by atoms with Crippen molar-refractivity contribution < 1.29 is 27.8 Å². The van der Waals surface area contributed by atoms with Gasteiger partial charge in [0.2, 0.25) is 11.2 Å². The first-order valence-electron chi connectivity index (χ1n) is 9.75. The van der Waals surface area contributed by atoms with Gasteiger partial charge >= 0.3 is 0 Å². The van der Waals surface area contributed by atoms with Crippen molar-refractivity contribution in [2.75, 3.05) is 13.7 Å². The molecule has 0 saturated heterocycles. The second-order valence-electron chi connectivity index (χ2n) is 6.97. The first-order chi connectivity index (χ1) is 15.4. The van der Waals surface area contributed by atoms with E-state index in [0.29, 0.717) is 33.8 Å². The molecule has 32 heavy (non-hydrogen) atoms. The number of hydrogen-bond donors (Lipinski definition) is 0. The molecule has 0 N–H and O–H groups in total. The van der Waals surface area contributed by atoms with Crippen LogP contribution in [0.4, 0.5) is 4.39 Å². The SMILES string of the molecule is COc1cccc(C(=O)COc2ccc3c(=O)c(Oc4ccc(F)cc4)c(C)oc3c2)c1. The van der Waals surface area contributed by atoms with E-state index in [0.717, 1.165) is 0 Å². The van der Waals surface area contributed by atoms with E-state index in [-0.39, 0.29) is 29.3 Å². The second kappa shape index (κ2) is 8.93. The van der Waals surface area contributed by atoms with Crippen LogP contribution in [0.3, 0.4) is 0 Å². The molecular weight excluding hydrogens is 415 g/mol. The molecule has 0 aliphatic rings. The first-order valence-corrected chi connectivity index (χ1v) is 9.75. The third-order valence-corrected chi connectivity index (χ3v) is 4.78. The van der Waals surface area contributed by atoms with Crippen molar-refractivity contribution >= 4 is 16.8 Å². The van der Waals surface area contributed by atoms with Gasteiger partial charge < -0.3 is 18.6 Å². The Morgan fingerprint density at radius 2 is 1.72 bits per heavy atom. The van der Waals surface area contributed by atoms with Gasteiger partial charge in [0, 0.05) is 11.6 Å². The molecule has 4 rings (SSSR count). The highest BCUT2D eigenvalue weighted by Crippen LogP contribution is 2.27. The van der Waals surface area contributed by atoms with Gasteiger partial charge in [-0.3, -0.25) is 9.59 Å². The highest BCUT2D eigenvalue weighted by Gasteiger charge is 2.15. The van der Waals surface area contributed by atoms with Crippen LogP contribution in [-0.4, -0.2) is 19.5 Å². The van der Waals surface area contributed by atoms with E-state index in [4.69, 9.17) is 18.6 Å². The largest absolute Gasteiger partial charge is 0.497 e. The van der Waals surface area contributed by atoms with Crippen LogP contribution in [0.5, 0.6) is 23.0 Å². The standard InChI is InChI=1S/C25H19FO6/c1-15-25(32-18-8-6-17(26)7-9-18)24(28)21-11-10-20(13-23(21)31-15)30-14-22(27)16-4-3-5-19(12-16)29-2/h3-13H,14H2,1-2H3. The minimum absolute atomic E-state index is 0.0194. The monoisotopic (exact) mass is 434 g/mol. The predicted molar refractivity (Wildman–Crippen MR) is 117 cm³/mol. The van der Waals surface area contributed by atoms with Gasteiger partial charge in [0.25, 0.3) is 0 Å². The Morgan fingerprint density at radius 3 is 2.47 bits per heavy atom. The van der Waals surface area contributed by atoms with Crippen LogP contribution in [0.25, 0.3) is 11.0 Å². The summed E-state index contributed by atoms with van der Waals surface area (Å²) in [7, 11) is 1.53. The van der Waals surface area contributed by atoms with Crippen LogP contribution in [0.15, 0.2) is 75.9 Å². The topological polar surface area (TPSA) is 75.0 Å². The van der Waals surface area contributed by atoms with Crippen LogP contribution in [0, 0.1) is 12.7 Å². The fourth-order valence-electron chi connectivity index (χ4n) is 3.13. The van der Waals surface area contributed by atoms with Gasteiger partial charge in [-0.15, -0.1) is 0 Å². The minimum atomic E-state index is -0.406. The summed E-state index contributed by atoms with van der Waals surface area (Å²) in [4.78, 5) is 25.3. The summed E-state index contributed by atoms with van der Waals surface area (Å²) in [6.07, 6.45) is 0. The lowest BCUT2D eigenvalue weighted by Gasteiger charge is -2.10. The fraction of sp³-hybridized carbons (Fsp3) is 0.120. The zero-order chi connectivity index (χ0) is 22.7. The number of Topliss-reactive ketones (excluding diaryl/α,β-unsaturated/α-hetero) is 1. The summed E-state index contributed by atoms with van der Waals surface area (Å²) in [6.45, 7) is 1.41. The molecule has 0 amide bonds. The van der Waals surface area contributed by atoms with E-state index in [1.165, 1.54) is 31.4 Å². The lowest BCUT2D eigenvalue weighted by atomic mass is 10.1. The van der Waals surface area contributed by atoms with E-state index < -0.39 is 5.82 Å². The number of hydrogen-bond acceptors (Lipinski definition) is 6. The number of ether oxygens (including phenoxy) is 3. The van der Waals surface area contributed by atoms with Crippen molar-refractivity contribution in [3.8, 4) is 23.0 Å². The third kappa shape index (κ3) is 4.46. The summed E-state index contributed by atoms with van der Waals surface area (Å²) >= 11 is 0. The lowest BCUT2D eigenvalue weighted by Crippen LogP contribution is -2.12. The molecule has 0 aliphatic heterocycles. The molecule has 0 atom stereocenters. The summed E-state index contributed by atoms with van der Waals surface area (Å²) in [5, 5.41) is 0.291. The molecule has 1 aromatic heterocycles. The van der Waals surface area contributed by atoms with Gasteiger partial charge in [-0.1, -0.05) is 12.1 Å². The number of rotatable bonds is 7. The molecule has 0 spiro atoms. The van der Waals surface area contributed by atoms with E-state index in [2.05, 4.69) is 0 Å². The minimum Gasteiger partial charge on any atom is -0.497 e. The summed E-state index contributed by atoms with van der Waals surface area (Å²) in [5.74, 6) is 0.933. The highest BCUT2D eigenvalue weighted by molar-refractivity contribution is 5.97. The van der Waals surface area contributed by atoms with Crippen molar-refractivity contribution in [3.05, 3.63) is 94.1 Å². The van der Waals surface area contributed by atoms with Gasteiger partial charge in [0.1, 0.15) is 34.4 Å². The summed E-state index contributed by atoms with van der Waals surface area (Å²) in [6, 6.07) is 16.8. The molecule has 0 fully saturated rings. The summed E-state index contributed by atoms with van der Waals surface area (Å²) in [5.41, 5.74) is 0.396. The van der Waals surface area contributed by atoms with E-state index in [1.54, 1.807) is 49.4 Å². The number of ketones is 1. The van der Waals surface area contributed by atoms with Crippen molar-refractivity contribution in [2.45, 2.75) is 6.92 Å². The first kappa shape index (κ1) is 21.1. The molecular formula is C25H19FO6. The van der Waals surface area contributed by atoms with Crippen LogP contribution in [0.2, 0.25) is 0 Å². The number of methoxy groups -OCH3 is 1. The molecule has 4 aromatic rings.